The zero-order valence-electron chi connectivity index (χ0n) is 10.6. The van der Waals surface area contributed by atoms with Gasteiger partial charge >= 0.3 is 15.5 Å². The topological polar surface area (TPSA) is 66.4 Å². The van der Waals surface area contributed by atoms with Crippen molar-refractivity contribution in [3.05, 3.63) is 54.1 Å². The summed E-state index contributed by atoms with van der Waals surface area (Å²) in [5.74, 6) is 0. The van der Waals surface area contributed by atoms with E-state index in [-0.39, 0.29) is 12.0 Å². The molecule has 1 atom stereocenters. The summed E-state index contributed by atoms with van der Waals surface area (Å²) in [6.07, 6.45) is 3.99. The summed E-state index contributed by atoms with van der Waals surface area (Å²) in [4.78, 5) is 0. The van der Waals surface area contributed by atoms with Crippen LogP contribution in [0.3, 0.4) is 0 Å². The molecule has 1 aromatic rings. The maximum atomic E-state index is 12.5. The maximum absolute atomic E-state index is 12.5. The largest absolute Gasteiger partial charge is 0.511 e. The van der Waals surface area contributed by atoms with Crippen LogP contribution in [0.4, 0.5) is 13.2 Å². The Hall–Kier alpha value is -1.64. The van der Waals surface area contributed by atoms with Gasteiger partial charge in [0.1, 0.15) is 0 Å². The van der Waals surface area contributed by atoms with Crippen LogP contribution in [-0.4, -0.2) is 24.8 Å². The van der Waals surface area contributed by atoms with Crippen molar-refractivity contribution in [1.82, 2.24) is 4.72 Å². The molecule has 1 aliphatic rings. The second kappa shape index (κ2) is 5.28. The van der Waals surface area contributed by atoms with Gasteiger partial charge < -0.3 is 5.11 Å². The van der Waals surface area contributed by atoms with Crippen molar-refractivity contribution >= 4 is 15.6 Å². The van der Waals surface area contributed by atoms with Crippen molar-refractivity contribution in [2.75, 3.05) is 0 Å². The lowest BCUT2D eigenvalue weighted by molar-refractivity contribution is -0.0480. The predicted molar refractivity (Wildman–Crippen MR) is 71.2 cm³/mol. The molecule has 0 heterocycles. The zero-order valence-corrected chi connectivity index (χ0v) is 11.4. The number of hydrogen-bond acceptors (Lipinski definition) is 3. The normalized spacial score (nSPS) is 23.0. The number of benzene rings is 1. The molecule has 0 amide bonds. The smallest absolute Gasteiger partial charge is 0.370 e. The van der Waals surface area contributed by atoms with E-state index in [1.165, 1.54) is 16.9 Å². The highest BCUT2D eigenvalue weighted by Crippen LogP contribution is 2.34. The highest BCUT2D eigenvalue weighted by atomic mass is 32.2. The van der Waals surface area contributed by atoms with Crippen LogP contribution in [-0.2, 0) is 10.0 Å². The third-order valence-electron chi connectivity index (χ3n) is 2.95. The van der Waals surface area contributed by atoms with Gasteiger partial charge in [-0.15, -0.1) is 0 Å². The van der Waals surface area contributed by atoms with E-state index < -0.39 is 21.3 Å². The Labute approximate surface area is 119 Å². The lowest BCUT2D eigenvalue weighted by atomic mass is 9.90. The molecule has 0 saturated heterocycles. The minimum Gasteiger partial charge on any atom is -0.370 e. The number of sulfonamides is 1. The van der Waals surface area contributed by atoms with Crippen molar-refractivity contribution in [2.45, 2.75) is 17.7 Å². The fourth-order valence-electron chi connectivity index (χ4n) is 1.98. The Bertz CT molecular complexity index is 680. The number of allylic oxidation sites excluding steroid dienone is 2. The number of alkyl halides is 3. The summed E-state index contributed by atoms with van der Waals surface area (Å²) in [5.41, 5.74) is -7.36. The Morgan fingerprint density at radius 2 is 1.81 bits per heavy atom. The van der Waals surface area contributed by atoms with E-state index >= 15 is 0 Å². The first-order valence-electron chi connectivity index (χ1n) is 5.91. The van der Waals surface area contributed by atoms with E-state index in [0.717, 1.165) is 0 Å². The van der Waals surface area contributed by atoms with Gasteiger partial charge in [-0.3, -0.25) is 0 Å². The van der Waals surface area contributed by atoms with Crippen molar-refractivity contribution in [2.24, 2.45) is 0 Å². The molecule has 8 heteroatoms. The Kier molecular flexibility index (Phi) is 3.96. The summed E-state index contributed by atoms with van der Waals surface area (Å²) >= 11 is 0. The van der Waals surface area contributed by atoms with Crippen molar-refractivity contribution in [3.63, 3.8) is 0 Å². The molecule has 0 aromatic heterocycles. The molecular formula is C13H12F3NO3S. The summed E-state index contributed by atoms with van der Waals surface area (Å²) in [7, 11) is -5.67. The molecule has 1 aliphatic carbocycles. The number of hydrogen-bond donors (Lipinski definition) is 2. The minimum absolute atomic E-state index is 0.0541. The molecule has 0 saturated carbocycles. The third kappa shape index (κ3) is 3.17. The number of rotatable bonds is 3. The Morgan fingerprint density at radius 3 is 2.38 bits per heavy atom. The number of aliphatic hydroxyl groups is 1. The first kappa shape index (κ1) is 15.7. The lowest BCUT2D eigenvalue weighted by Gasteiger charge is -2.32. The molecule has 0 bridgehead atoms. The number of nitrogens with one attached hydrogen (secondary N) is 1. The molecule has 0 fully saturated rings. The Morgan fingerprint density at radius 1 is 1.19 bits per heavy atom. The highest BCUT2D eigenvalue weighted by molar-refractivity contribution is 7.90. The van der Waals surface area contributed by atoms with Crippen molar-refractivity contribution < 1.29 is 26.7 Å². The van der Waals surface area contributed by atoms with Crippen molar-refractivity contribution in [3.8, 4) is 0 Å². The van der Waals surface area contributed by atoms with Gasteiger partial charge in [-0.25, -0.2) is 8.42 Å². The second-order valence-corrected chi connectivity index (χ2v) is 6.16. The van der Waals surface area contributed by atoms with E-state index in [4.69, 9.17) is 0 Å². The first-order valence-corrected chi connectivity index (χ1v) is 7.39. The molecule has 114 valence electrons. The molecule has 0 spiro atoms. The maximum Gasteiger partial charge on any atom is 0.511 e. The van der Waals surface area contributed by atoms with Gasteiger partial charge in [0, 0.05) is 12.0 Å². The fourth-order valence-corrected chi connectivity index (χ4v) is 2.73. The van der Waals surface area contributed by atoms with Gasteiger partial charge in [-0.2, -0.15) is 17.9 Å². The van der Waals surface area contributed by atoms with Crippen LogP contribution in [0.15, 0.2) is 48.6 Å². The van der Waals surface area contributed by atoms with Crippen molar-refractivity contribution in [1.29, 1.82) is 0 Å². The number of halogens is 3. The van der Waals surface area contributed by atoms with E-state index in [1.54, 1.807) is 36.4 Å². The van der Waals surface area contributed by atoms with Gasteiger partial charge in [-0.05, 0) is 5.56 Å². The lowest BCUT2D eigenvalue weighted by Crippen LogP contribution is -2.53. The SMILES string of the molecule is O=S(=O)(NC1(O)CC=CC=C1c1ccccc1)C(F)(F)F. The average molecular weight is 319 g/mol. The summed E-state index contributed by atoms with van der Waals surface area (Å²) in [5, 5.41) is 10.4. The molecule has 2 rings (SSSR count). The van der Waals surface area contributed by atoms with E-state index in [0.29, 0.717) is 5.56 Å². The Balaban J connectivity index is 2.42. The summed E-state index contributed by atoms with van der Waals surface area (Å²) < 4.78 is 61.3. The molecule has 1 aromatic carbocycles. The van der Waals surface area contributed by atoms with Gasteiger partial charge in [0.25, 0.3) is 0 Å². The van der Waals surface area contributed by atoms with Crippen LogP contribution in [0.5, 0.6) is 0 Å². The fraction of sp³-hybridized carbons (Fsp3) is 0.231. The van der Waals surface area contributed by atoms with E-state index in [1.807, 2.05) is 0 Å². The molecule has 4 nitrogen and oxygen atoms in total. The van der Waals surface area contributed by atoms with E-state index in [9.17, 15) is 26.7 Å². The average Bonchev–Trinajstić information content (AvgIpc) is 2.38. The van der Waals surface area contributed by atoms with Crippen LogP contribution in [0.25, 0.3) is 5.57 Å². The summed E-state index contributed by atoms with van der Waals surface area (Å²) in [6, 6.07) is 8.09. The third-order valence-corrected chi connectivity index (χ3v) is 4.17. The summed E-state index contributed by atoms with van der Waals surface area (Å²) in [6.45, 7) is 0. The monoisotopic (exact) mass is 319 g/mol. The molecule has 2 N–H and O–H groups in total. The zero-order chi connectivity index (χ0) is 15.7. The van der Waals surface area contributed by atoms with Crippen LogP contribution in [0, 0.1) is 0 Å². The molecule has 0 radical (unpaired) electrons. The van der Waals surface area contributed by atoms with Gasteiger partial charge in [0.2, 0.25) is 0 Å². The van der Waals surface area contributed by atoms with E-state index in [2.05, 4.69) is 0 Å². The first-order chi connectivity index (χ1) is 9.66. The predicted octanol–water partition coefficient (Wildman–Crippen LogP) is 2.16. The van der Waals surface area contributed by atoms with Crippen LogP contribution in [0.1, 0.15) is 12.0 Å². The quantitative estimate of drug-likeness (QED) is 0.839. The van der Waals surface area contributed by atoms with Crippen LogP contribution < -0.4 is 4.72 Å². The van der Waals surface area contributed by atoms with Gasteiger partial charge in [0.15, 0.2) is 5.72 Å². The van der Waals surface area contributed by atoms with Gasteiger partial charge in [0.05, 0.1) is 0 Å². The van der Waals surface area contributed by atoms with Crippen LogP contribution >= 0.6 is 0 Å². The molecule has 0 aliphatic heterocycles. The minimum atomic E-state index is -5.67. The standard InChI is InChI=1S/C13H12F3NO3S/c14-13(15,16)21(19,20)17-12(18)9-5-4-8-11(12)10-6-2-1-3-7-10/h1-8,17-18H,9H2. The molecule has 1 unspecified atom stereocenters. The van der Waals surface area contributed by atoms with Crippen LogP contribution in [0.2, 0.25) is 0 Å². The van der Waals surface area contributed by atoms with Gasteiger partial charge in [-0.1, -0.05) is 48.6 Å². The molecular weight excluding hydrogens is 307 g/mol. The second-order valence-electron chi connectivity index (χ2n) is 4.49. The highest BCUT2D eigenvalue weighted by Gasteiger charge is 2.50. The molecule has 21 heavy (non-hydrogen) atoms.